The van der Waals surface area contributed by atoms with Gasteiger partial charge in [-0.25, -0.2) is 13.2 Å². The predicted octanol–water partition coefficient (Wildman–Crippen LogP) is 6.10. The van der Waals surface area contributed by atoms with Crippen molar-refractivity contribution in [2.24, 2.45) is 16.5 Å². The number of nitrogens with two attached hydrogens (primary N) is 2. The summed E-state index contributed by atoms with van der Waals surface area (Å²) in [6.45, 7) is -1.34. The summed E-state index contributed by atoms with van der Waals surface area (Å²) in [7, 11) is 0. The van der Waals surface area contributed by atoms with Crippen molar-refractivity contribution in [2.45, 2.75) is 50.9 Å². The maximum atomic E-state index is 15.7. The topological polar surface area (TPSA) is 146 Å². The van der Waals surface area contributed by atoms with Gasteiger partial charge in [0.2, 0.25) is 5.91 Å². The number of nitrogens with one attached hydrogen (secondary N) is 1. The molecule has 50 heavy (non-hydrogen) atoms. The molecule has 2 amide bonds. The van der Waals surface area contributed by atoms with Crippen LogP contribution in [0.3, 0.4) is 0 Å². The first-order valence-electron chi connectivity index (χ1n) is 15.6. The largest absolute Gasteiger partial charge is 0.402 e. The van der Waals surface area contributed by atoms with Gasteiger partial charge in [-0.1, -0.05) is 18.2 Å². The number of ether oxygens (including phenoxy) is 1. The Hall–Kier alpha value is -5.50. The lowest BCUT2D eigenvalue weighted by atomic mass is 9.92. The molecule has 2 aromatic carbocycles. The monoisotopic (exact) mass is 692 g/mol. The molecule has 1 aliphatic carbocycles. The predicted molar refractivity (Wildman–Crippen MR) is 175 cm³/mol. The number of primary amides is 1. The lowest BCUT2D eigenvalue weighted by Crippen LogP contribution is -2.37. The third-order valence-corrected chi connectivity index (χ3v) is 7.99. The van der Waals surface area contributed by atoms with Crippen LogP contribution in [0.2, 0.25) is 0 Å². The van der Waals surface area contributed by atoms with Crippen LogP contribution in [0.5, 0.6) is 0 Å². The van der Waals surface area contributed by atoms with E-state index in [4.69, 9.17) is 16.2 Å². The number of hydrogen-bond acceptors (Lipinski definition) is 7. The van der Waals surface area contributed by atoms with Crippen molar-refractivity contribution in [1.82, 2.24) is 15.3 Å². The molecule has 0 saturated heterocycles. The number of halogens is 5. The molecule has 1 aliphatic rings. The highest BCUT2D eigenvalue weighted by atomic mass is 19.3. The van der Waals surface area contributed by atoms with Gasteiger partial charge in [0.15, 0.2) is 0 Å². The van der Waals surface area contributed by atoms with E-state index in [2.05, 4.69) is 20.3 Å². The zero-order valence-corrected chi connectivity index (χ0v) is 26.6. The van der Waals surface area contributed by atoms with E-state index < -0.39 is 65.8 Å². The second kappa shape index (κ2) is 15.8. The minimum Gasteiger partial charge on any atom is -0.402 e. The van der Waals surface area contributed by atoms with Gasteiger partial charge in [0, 0.05) is 35.3 Å². The lowest BCUT2D eigenvalue weighted by Gasteiger charge is -2.25. The molecule has 0 aliphatic heterocycles. The normalized spacial score (nSPS) is 14.4. The van der Waals surface area contributed by atoms with Crippen LogP contribution in [0.1, 0.15) is 59.0 Å². The van der Waals surface area contributed by atoms with Crippen LogP contribution in [0.15, 0.2) is 95.4 Å². The second-order valence-corrected chi connectivity index (χ2v) is 11.6. The molecular weight excluding hydrogens is 659 g/mol. The van der Waals surface area contributed by atoms with Crippen LogP contribution in [0.4, 0.5) is 22.0 Å². The molecule has 2 heterocycles. The van der Waals surface area contributed by atoms with Gasteiger partial charge in [-0.2, -0.15) is 8.78 Å². The van der Waals surface area contributed by atoms with Gasteiger partial charge < -0.3 is 21.5 Å². The molecule has 5 N–H and O–H groups in total. The standard InChI is InChI=1S/C36H33F5N6O3/c37-23-14-21(15-24(38)18-23)16-31(33-26(8-5-13-45-33)22-10-11-29(39)28(17-22)35(43)49)47-32(48)19-46-34(27-7-1-2-9-30(27)42)36(40,41)50-20-25-6-3-4-12-44-25/h3-6,8,10-15,17-18,31H,1-2,7,9,16,19-20,42H2,(H2,43,49)(H,47,48)/t31-/m0/s1. The van der Waals surface area contributed by atoms with Crippen molar-refractivity contribution in [2.75, 3.05) is 6.54 Å². The highest BCUT2D eigenvalue weighted by Gasteiger charge is 2.41. The Morgan fingerprint density at radius 2 is 1.68 bits per heavy atom. The number of rotatable bonds is 13. The molecule has 5 rings (SSSR count). The molecule has 2 aromatic heterocycles. The van der Waals surface area contributed by atoms with Crippen LogP contribution in [-0.4, -0.2) is 40.1 Å². The van der Waals surface area contributed by atoms with Crippen molar-refractivity contribution < 1.29 is 36.3 Å². The van der Waals surface area contributed by atoms with Crippen molar-refractivity contribution in [3.63, 3.8) is 0 Å². The van der Waals surface area contributed by atoms with E-state index in [1.807, 2.05) is 0 Å². The van der Waals surface area contributed by atoms with Crippen molar-refractivity contribution >= 4 is 17.5 Å². The smallest absolute Gasteiger partial charge is 0.400 e. The molecule has 260 valence electrons. The van der Waals surface area contributed by atoms with E-state index in [0.717, 1.165) is 18.2 Å². The Kier molecular flexibility index (Phi) is 11.3. The van der Waals surface area contributed by atoms with E-state index in [1.54, 1.807) is 24.3 Å². The van der Waals surface area contributed by atoms with Crippen LogP contribution in [-0.2, 0) is 22.6 Å². The Bertz CT molecular complexity index is 1920. The lowest BCUT2D eigenvalue weighted by molar-refractivity contribution is -0.191. The highest BCUT2D eigenvalue weighted by Crippen LogP contribution is 2.33. The second-order valence-electron chi connectivity index (χ2n) is 11.6. The fourth-order valence-electron chi connectivity index (χ4n) is 5.67. The van der Waals surface area contributed by atoms with Crippen LogP contribution >= 0.6 is 0 Å². The number of alkyl halides is 2. The van der Waals surface area contributed by atoms with Crippen molar-refractivity contribution in [3.05, 3.63) is 130 Å². The highest BCUT2D eigenvalue weighted by molar-refractivity contribution is 6.05. The van der Waals surface area contributed by atoms with E-state index in [1.165, 1.54) is 30.6 Å². The average molecular weight is 693 g/mol. The van der Waals surface area contributed by atoms with Crippen LogP contribution < -0.4 is 16.8 Å². The van der Waals surface area contributed by atoms with Crippen LogP contribution in [0, 0.1) is 17.5 Å². The number of carbonyl (C=O) groups is 2. The molecule has 4 aromatic rings. The van der Waals surface area contributed by atoms with Gasteiger partial charge in [0.1, 0.15) is 29.7 Å². The summed E-state index contributed by atoms with van der Waals surface area (Å²) in [4.78, 5) is 37.8. The van der Waals surface area contributed by atoms with Gasteiger partial charge in [0.25, 0.3) is 5.91 Å². The molecular formula is C36H33F5N6O3. The molecule has 0 bridgehead atoms. The van der Waals surface area contributed by atoms with Crippen LogP contribution in [0.25, 0.3) is 11.1 Å². The first-order valence-corrected chi connectivity index (χ1v) is 15.6. The average Bonchev–Trinajstić information content (AvgIpc) is 3.08. The zero-order valence-electron chi connectivity index (χ0n) is 26.6. The molecule has 0 saturated carbocycles. The number of allylic oxidation sites excluding steroid dienone is 1. The fourth-order valence-corrected chi connectivity index (χ4v) is 5.67. The maximum absolute atomic E-state index is 15.7. The van der Waals surface area contributed by atoms with Gasteiger partial charge in [0.05, 0.1) is 29.6 Å². The maximum Gasteiger partial charge on any atom is 0.400 e. The minimum atomic E-state index is -3.94. The number of amides is 2. The number of carbonyl (C=O) groups excluding carboxylic acids is 2. The summed E-state index contributed by atoms with van der Waals surface area (Å²) in [5, 5.41) is 2.70. The Labute approximate surface area is 284 Å². The number of aromatic nitrogens is 2. The zero-order chi connectivity index (χ0) is 35.8. The number of hydrogen-bond donors (Lipinski definition) is 3. The number of pyridine rings is 2. The van der Waals surface area contributed by atoms with Gasteiger partial charge >= 0.3 is 6.11 Å². The van der Waals surface area contributed by atoms with E-state index in [-0.39, 0.29) is 41.1 Å². The summed E-state index contributed by atoms with van der Waals surface area (Å²) in [5.74, 6) is -4.44. The van der Waals surface area contributed by atoms with Gasteiger partial charge in [-0.15, -0.1) is 0 Å². The Balaban J connectivity index is 1.49. The molecule has 1 atom stereocenters. The number of aliphatic imine (C=N–C) groups is 1. The van der Waals surface area contributed by atoms with E-state index >= 15 is 8.78 Å². The van der Waals surface area contributed by atoms with E-state index in [9.17, 15) is 22.8 Å². The van der Waals surface area contributed by atoms with Gasteiger partial charge in [-0.05, 0) is 85.7 Å². The summed E-state index contributed by atoms with van der Waals surface area (Å²) < 4.78 is 79.1. The molecule has 14 heteroatoms. The molecule has 0 unspecified atom stereocenters. The quantitative estimate of drug-likeness (QED) is 0.114. The molecule has 0 radical (unpaired) electrons. The Morgan fingerprint density at radius 1 is 0.940 bits per heavy atom. The van der Waals surface area contributed by atoms with Gasteiger partial charge in [-0.3, -0.25) is 24.5 Å². The summed E-state index contributed by atoms with van der Waals surface area (Å²) >= 11 is 0. The summed E-state index contributed by atoms with van der Waals surface area (Å²) in [6.07, 6.45) is 0.537. The number of benzene rings is 2. The van der Waals surface area contributed by atoms with Crippen molar-refractivity contribution in [1.29, 1.82) is 0 Å². The first kappa shape index (κ1) is 35.8. The fraction of sp³-hybridized carbons (Fsp3) is 0.250. The van der Waals surface area contributed by atoms with E-state index in [0.29, 0.717) is 36.5 Å². The molecule has 0 fully saturated rings. The summed E-state index contributed by atoms with van der Waals surface area (Å²) in [6, 6.07) is 13.3. The molecule has 0 spiro atoms. The SMILES string of the molecule is NC(=O)c1cc(-c2cccnc2[C@H](Cc2cc(F)cc(F)c2)NC(=O)CN=C(C2=C(N)CCCC2)C(F)(F)OCc2ccccn2)ccc1F. The third kappa shape index (κ3) is 8.94. The molecule has 9 nitrogen and oxygen atoms in total. The Morgan fingerprint density at radius 3 is 2.38 bits per heavy atom. The number of nitrogens with zero attached hydrogens (tertiary/aromatic N) is 3. The minimum absolute atomic E-state index is 0.0930. The van der Waals surface area contributed by atoms with Crippen molar-refractivity contribution in [3.8, 4) is 11.1 Å². The third-order valence-electron chi connectivity index (χ3n) is 7.99. The summed E-state index contributed by atoms with van der Waals surface area (Å²) in [5.41, 5.74) is 11.8. The first-order chi connectivity index (χ1) is 23.9.